The second-order valence-electron chi connectivity index (χ2n) is 3.24. The Morgan fingerprint density at radius 1 is 1.53 bits per heavy atom. The molecule has 0 saturated carbocycles. The minimum Gasteiger partial charge on any atom is -0.507 e. The molecule has 0 amide bonds. The van der Waals surface area contributed by atoms with E-state index >= 15 is 0 Å². The largest absolute Gasteiger partial charge is 0.507 e. The lowest BCUT2D eigenvalue weighted by atomic mass is 9.95. The van der Waals surface area contributed by atoms with E-state index in [4.69, 9.17) is 5.11 Å². The van der Waals surface area contributed by atoms with Gasteiger partial charge in [-0.3, -0.25) is 9.59 Å². The standard InChI is InChI=1S/C11H12O4/c1-2-9(11(14)15)7-3-4-10(13)8(5-7)6-12/h3-6,9,13H,2H2,1H3,(H,14,15). The second-order valence-corrected chi connectivity index (χ2v) is 3.24. The summed E-state index contributed by atoms with van der Waals surface area (Å²) in [6.45, 7) is 1.76. The van der Waals surface area contributed by atoms with E-state index in [1.54, 1.807) is 6.92 Å². The van der Waals surface area contributed by atoms with Gasteiger partial charge >= 0.3 is 5.97 Å². The lowest BCUT2D eigenvalue weighted by Gasteiger charge is -2.10. The van der Waals surface area contributed by atoms with Crippen molar-refractivity contribution in [1.29, 1.82) is 0 Å². The van der Waals surface area contributed by atoms with Gasteiger partial charge in [0.25, 0.3) is 0 Å². The predicted molar refractivity (Wildman–Crippen MR) is 54.2 cm³/mol. The van der Waals surface area contributed by atoms with Crippen molar-refractivity contribution < 1.29 is 19.8 Å². The number of phenols is 1. The number of carboxylic acid groups (broad SMARTS) is 1. The first-order valence-electron chi connectivity index (χ1n) is 4.61. The van der Waals surface area contributed by atoms with E-state index in [0.717, 1.165) is 0 Å². The number of aliphatic carboxylic acids is 1. The van der Waals surface area contributed by atoms with Crippen LogP contribution in [0.5, 0.6) is 5.75 Å². The van der Waals surface area contributed by atoms with Gasteiger partial charge in [0.15, 0.2) is 6.29 Å². The van der Waals surface area contributed by atoms with Crippen molar-refractivity contribution >= 4 is 12.3 Å². The summed E-state index contributed by atoms with van der Waals surface area (Å²) < 4.78 is 0. The highest BCUT2D eigenvalue weighted by atomic mass is 16.4. The van der Waals surface area contributed by atoms with Crippen LogP contribution in [0.25, 0.3) is 0 Å². The van der Waals surface area contributed by atoms with E-state index < -0.39 is 11.9 Å². The fraction of sp³-hybridized carbons (Fsp3) is 0.273. The van der Waals surface area contributed by atoms with Crippen molar-refractivity contribution in [2.24, 2.45) is 0 Å². The molecule has 0 heterocycles. The van der Waals surface area contributed by atoms with Crippen LogP contribution < -0.4 is 0 Å². The number of carbonyl (C=O) groups is 2. The molecule has 1 aromatic rings. The van der Waals surface area contributed by atoms with E-state index in [9.17, 15) is 14.7 Å². The minimum atomic E-state index is -0.931. The predicted octanol–water partition coefficient (Wildman–Crippen LogP) is 1.78. The molecule has 0 spiro atoms. The van der Waals surface area contributed by atoms with E-state index in [-0.39, 0.29) is 11.3 Å². The van der Waals surface area contributed by atoms with Crippen molar-refractivity contribution in [3.63, 3.8) is 0 Å². The highest BCUT2D eigenvalue weighted by Gasteiger charge is 2.18. The van der Waals surface area contributed by atoms with Crippen molar-refractivity contribution in [2.75, 3.05) is 0 Å². The Morgan fingerprint density at radius 3 is 2.67 bits per heavy atom. The molecule has 1 aromatic carbocycles. The smallest absolute Gasteiger partial charge is 0.310 e. The minimum absolute atomic E-state index is 0.118. The third kappa shape index (κ3) is 2.34. The third-order valence-electron chi connectivity index (χ3n) is 2.29. The van der Waals surface area contributed by atoms with Gasteiger partial charge in [0.05, 0.1) is 11.5 Å². The number of hydrogen-bond acceptors (Lipinski definition) is 3. The van der Waals surface area contributed by atoms with Crippen LogP contribution in [0.15, 0.2) is 18.2 Å². The molecule has 0 aliphatic heterocycles. The molecule has 15 heavy (non-hydrogen) atoms. The van der Waals surface area contributed by atoms with Crippen molar-refractivity contribution in [3.05, 3.63) is 29.3 Å². The Labute approximate surface area is 87.2 Å². The highest BCUT2D eigenvalue weighted by Crippen LogP contribution is 2.24. The van der Waals surface area contributed by atoms with Gasteiger partial charge in [0, 0.05) is 0 Å². The molecule has 0 aliphatic rings. The van der Waals surface area contributed by atoms with Crippen LogP contribution in [0.1, 0.15) is 35.2 Å². The highest BCUT2D eigenvalue weighted by molar-refractivity contribution is 5.81. The third-order valence-corrected chi connectivity index (χ3v) is 2.29. The van der Waals surface area contributed by atoms with E-state index in [0.29, 0.717) is 18.3 Å². The number of carboxylic acids is 1. The van der Waals surface area contributed by atoms with Gasteiger partial charge in [-0.1, -0.05) is 13.0 Å². The lowest BCUT2D eigenvalue weighted by molar-refractivity contribution is -0.138. The average molecular weight is 208 g/mol. The molecule has 1 rings (SSSR count). The van der Waals surface area contributed by atoms with Gasteiger partial charge < -0.3 is 10.2 Å². The van der Waals surface area contributed by atoms with E-state index in [2.05, 4.69) is 0 Å². The van der Waals surface area contributed by atoms with Gasteiger partial charge in [0.2, 0.25) is 0 Å². The summed E-state index contributed by atoms with van der Waals surface area (Å²) >= 11 is 0. The van der Waals surface area contributed by atoms with Crippen LogP contribution in [0.2, 0.25) is 0 Å². The summed E-state index contributed by atoms with van der Waals surface area (Å²) in [6, 6.07) is 4.26. The summed E-state index contributed by atoms with van der Waals surface area (Å²) in [5.74, 6) is -1.70. The molecular weight excluding hydrogens is 196 g/mol. The number of aldehydes is 1. The fourth-order valence-corrected chi connectivity index (χ4v) is 1.44. The quantitative estimate of drug-likeness (QED) is 0.739. The molecule has 4 heteroatoms. The van der Waals surface area contributed by atoms with Gasteiger partial charge in [-0.25, -0.2) is 0 Å². The molecule has 1 unspecified atom stereocenters. The first kappa shape index (κ1) is 11.2. The molecule has 0 saturated heterocycles. The van der Waals surface area contributed by atoms with Crippen LogP contribution in [-0.2, 0) is 4.79 Å². The molecule has 0 aliphatic carbocycles. The Balaban J connectivity index is 3.14. The Kier molecular flexibility index (Phi) is 3.44. The molecule has 0 radical (unpaired) electrons. The molecule has 80 valence electrons. The first-order valence-corrected chi connectivity index (χ1v) is 4.61. The Morgan fingerprint density at radius 2 is 2.20 bits per heavy atom. The summed E-state index contributed by atoms with van der Waals surface area (Å²) in [7, 11) is 0. The topological polar surface area (TPSA) is 74.6 Å². The summed E-state index contributed by atoms with van der Waals surface area (Å²) in [6.07, 6.45) is 0.950. The van der Waals surface area contributed by atoms with Gasteiger partial charge in [-0.05, 0) is 24.1 Å². The second kappa shape index (κ2) is 4.59. The number of aromatic hydroxyl groups is 1. The number of rotatable bonds is 4. The zero-order valence-electron chi connectivity index (χ0n) is 8.30. The molecule has 2 N–H and O–H groups in total. The van der Waals surface area contributed by atoms with Crippen molar-refractivity contribution in [1.82, 2.24) is 0 Å². The van der Waals surface area contributed by atoms with Gasteiger partial charge in [0.1, 0.15) is 5.75 Å². The van der Waals surface area contributed by atoms with Crippen LogP contribution in [-0.4, -0.2) is 22.5 Å². The van der Waals surface area contributed by atoms with E-state index in [1.165, 1.54) is 18.2 Å². The van der Waals surface area contributed by atoms with Gasteiger partial charge in [-0.2, -0.15) is 0 Å². The normalized spacial score (nSPS) is 12.1. The van der Waals surface area contributed by atoms with Crippen LogP contribution >= 0.6 is 0 Å². The number of hydrogen-bond donors (Lipinski definition) is 2. The zero-order valence-corrected chi connectivity index (χ0v) is 8.30. The number of carbonyl (C=O) groups excluding carboxylic acids is 1. The van der Waals surface area contributed by atoms with Crippen LogP contribution in [0.3, 0.4) is 0 Å². The maximum Gasteiger partial charge on any atom is 0.310 e. The van der Waals surface area contributed by atoms with Gasteiger partial charge in [-0.15, -0.1) is 0 Å². The zero-order chi connectivity index (χ0) is 11.4. The average Bonchev–Trinajstić information content (AvgIpc) is 2.21. The monoisotopic (exact) mass is 208 g/mol. The molecule has 0 fully saturated rings. The first-order chi connectivity index (χ1) is 7.10. The number of phenolic OH excluding ortho intramolecular Hbond substituents is 1. The summed E-state index contributed by atoms with van der Waals surface area (Å²) in [5, 5.41) is 18.2. The number of benzene rings is 1. The Hall–Kier alpha value is -1.84. The molecule has 0 bridgehead atoms. The van der Waals surface area contributed by atoms with Crippen LogP contribution in [0, 0.1) is 0 Å². The fourth-order valence-electron chi connectivity index (χ4n) is 1.44. The summed E-state index contributed by atoms with van der Waals surface area (Å²) in [5.41, 5.74) is 0.650. The van der Waals surface area contributed by atoms with Crippen molar-refractivity contribution in [2.45, 2.75) is 19.3 Å². The molecule has 0 aromatic heterocycles. The summed E-state index contributed by atoms with van der Waals surface area (Å²) in [4.78, 5) is 21.4. The van der Waals surface area contributed by atoms with Crippen LogP contribution in [0.4, 0.5) is 0 Å². The Bertz CT molecular complexity index is 384. The maximum absolute atomic E-state index is 10.9. The molecule has 4 nitrogen and oxygen atoms in total. The molecular formula is C11H12O4. The van der Waals surface area contributed by atoms with E-state index in [1.807, 2.05) is 0 Å². The lowest BCUT2D eigenvalue weighted by Crippen LogP contribution is -2.10. The molecule has 1 atom stereocenters. The maximum atomic E-state index is 10.9. The SMILES string of the molecule is CCC(C(=O)O)c1ccc(O)c(C=O)c1. The van der Waals surface area contributed by atoms with Crippen molar-refractivity contribution in [3.8, 4) is 5.75 Å².